The molecule has 1 rings (SSSR count). The first-order valence-corrected chi connectivity index (χ1v) is 7.42. The van der Waals surface area contributed by atoms with Crippen LogP contribution in [0.1, 0.15) is 38.8 Å². The quantitative estimate of drug-likeness (QED) is 0.902. The van der Waals surface area contributed by atoms with Gasteiger partial charge in [-0.15, -0.1) is 0 Å². The third kappa shape index (κ3) is 3.73. The first-order chi connectivity index (χ1) is 7.65. The summed E-state index contributed by atoms with van der Waals surface area (Å²) in [6, 6.07) is 5.91. The van der Waals surface area contributed by atoms with Gasteiger partial charge in [0.05, 0.1) is 11.4 Å². The zero-order valence-corrected chi connectivity index (χ0v) is 12.0. The molecule has 1 aromatic rings. The lowest BCUT2D eigenvalue weighted by Gasteiger charge is -2.21. The van der Waals surface area contributed by atoms with Crippen molar-refractivity contribution in [1.29, 1.82) is 0 Å². The van der Waals surface area contributed by atoms with E-state index < -0.39 is 10.0 Å². The molecule has 0 heterocycles. The van der Waals surface area contributed by atoms with E-state index in [2.05, 4.69) is 25.5 Å². The molecule has 17 heavy (non-hydrogen) atoms. The number of anilines is 1. The number of sulfonamides is 1. The summed E-state index contributed by atoms with van der Waals surface area (Å²) in [4.78, 5) is 0. The Bertz CT molecular complexity index is 499. The number of nitrogens with one attached hydrogen (secondary N) is 1. The van der Waals surface area contributed by atoms with Gasteiger partial charge in [0.1, 0.15) is 0 Å². The summed E-state index contributed by atoms with van der Waals surface area (Å²) >= 11 is 0. The second kappa shape index (κ2) is 4.69. The molecule has 0 aromatic heterocycles. The van der Waals surface area contributed by atoms with Crippen LogP contribution in [-0.2, 0) is 15.4 Å². The summed E-state index contributed by atoms with van der Waals surface area (Å²) in [5.41, 5.74) is 2.76. The van der Waals surface area contributed by atoms with Crippen molar-refractivity contribution < 1.29 is 8.42 Å². The van der Waals surface area contributed by atoms with E-state index in [-0.39, 0.29) is 11.2 Å². The minimum atomic E-state index is -3.21. The van der Waals surface area contributed by atoms with E-state index in [0.717, 1.165) is 11.1 Å². The zero-order valence-electron chi connectivity index (χ0n) is 11.2. The van der Waals surface area contributed by atoms with E-state index in [4.69, 9.17) is 0 Å². The lowest BCUT2D eigenvalue weighted by molar-refractivity contribution is 0.590. The van der Waals surface area contributed by atoms with Crippen molar-refractivity contribution in [3.63, 3.8) is 0 Å². The van der Waals surface area contributed by atoms with Crippen molar-refractivity contribution in [3.8, 4) is 0 Å². The maximum absolute atomic E-state index is 11.6. The first kappa shape index (κ1) is 14.0. The van der Waals surface area contributed by atoms with Gasteiger partial charge in [0, 0.05) is 0 Å². The molecular formula is C13H21NO2S. The molecule has 0 saturated heterocycles. The number of hydrogen-bond acceptors (Lipinski definition) is 2. The second-order valence-electron chi connectivity index (χ2n) is 5.29. The molecule has 3 nitrogen and oxygen atoms in total. The zero-order chi connectivity index (χ0) is 13.3. The number of hydrogen-bond donors (Lipinski definition) is 1. The van der Waals surface area contributed by atoms with Crippen LogP contribution >= 0.6 is 0 Å². The highest BCUT2D eigenvalue weighted by atomic mass is 32.2. The maximum atomic E-state index is 11.6. The molecule has 0 amide bonds. The fraction of sp³-hybridized carbons (Fsp3) is 0.538. The molecule has 1 aromatic carbocycles. The molecule has 0 radical (unpaired) electrons. The van der Waals surface area contributed by atoms with Gasteiger partial charge in [0.15, 0.2) is 0 Å². The van der Waals surface area contributed by atoms with Gasteiger partial charge in [-0.05, 0) is 36.5 Å². The van der Waals surface area contributed by atoms with Crippen LogP contribution in [0.3, 0.4) is 0 Å². The summed E-state index contributed by atoms with van der Waals surface area (Å²) < 4.78 is 25.8. The molecule has 0 bridgehead atoms. The third-order valence-corrected chi connectivity index (χ3v) is 4.04. The Morgan fingerprint density at radius 3 is 2.29 bits per heavy atom. The lowest BCUT2D eigenvalue weighted by Crippen LogP contribution is -2.17. The van der Waals surface area contributed by atoms with Crippen molar-refractivity contribution in [2.45, 2.75) is 40.0 Å². The highest BCUT2D eigenvalue weighted by Gasteiger charge is 2.16. The Morgan fingerprint density at radius 1 is 1.24 bits per heavy atom. The van der Waals surface area contributed by atoms with Crippen LogP contribution in [0.4, 0.5) is 5.69 Å². The molecule has 0 aliphatic heterocycles. The third-order valence-electron chi connectivity index (χ3n) is 2.75. The lowest BCUT2D eigenvalue weighted by atomic mass is 9.86. The highest BCUT2D eigenvalue weighted by Crippen LogP contribution is 2.27. The van der Waals surface area contributed by atoms with Crippen molar-refractivity contribution in [1.82, 2.24) is 0 Å². The fourth-order valence-corrected chi connectivity index (χ4v) is 2.14. The number of rotatable bonds is 3. The summed E-state index contributed by atoms with van der Waals surface area (Å²) in [5, 5.41) is 0. The Hall–Kier alpha value is -1.03. The molecule has 0 aliphatic carbocycles. The van der Waals surface area contributed by atoms with Crippen molar-refractivity contribution in [2.75, 3.05) is 10.5 Å². The molecular weight excluding hydrogens is 234 g/mol. The molecule has 0 saturated carbocycles. The minimum Gasteiger partial charge on any atom is -0.283 e. The van der Waals surface area contributed by atoms with Gasteiger partial charge in [-0.2, -0.15) is 0 Å². The summed E-state index contributed by atoms with van der Waals surface area (Å²) in [5.74, 6) is 0.0895. The van der Waals surface area contributed by atoms with E-state index in [0.29, 0.717) is 5.69 Å². The largest absolute Gasteiger partial charge is 0.283 e. The smallest absolute Gasteiger partial charge is 0.232 e. The van der Waals surface area contributed by atoms with E-state index in [1.54, 1.807) is 6.92 Å². The Morgan fingerprint density at radius 2 is 1.82 bits per heavy atom. The van der Waals surface area contributed by atoms with Gasteiger partial charge in [-0.1, -0.05) is 32.9 Å². The predicted octanol–water partition coefficient (Wildman–Crippen LogP) is 3.05. The normalized spacial score (nSPS) is 12.5. The van der Waals surface area contributed by atoms with Crippen LogP contribution in [0.5, 0.6) is 0 Å². The van der Waals surface area contributed by atoms with Gasteiger partial charge in [-0.3, -0.25) is 4.72 Å². The van der Waals surface area contributed by atoms with E-state index in [9.17, 15) is 8.42 Å². The molecule has 4 heteroatoms. The van der Waals surface area contributed by atoms with E-state index in [1.807, 2.05) is 25.1 Å². The van der Waals surface area contributed by atoms with E-state index >= 15 is 0 Å². The van der Waals surface area contributed by atoms with Gasteiger partial charge in [0.25, 0.3) is 0 Å². The average Bonchev–Trinajstić information content (AvgIpc) is 2.19. The Labute approximate surface area is 104 Å². The molecule has 0 atom stereocenters. The summed E-state index contributed by atoms with van der Waals surface area (Å²) in [7, 11) is -3.21. The van der Waals surface area contributed by atoms with Gasteiger partial charge < -0.3 is 0 Å². The molecule has 0 fully saturated rings. The van der Waals surface area contributed by atoms with Gasteiger partial charge >= 0.3 is 0 Å². The SMILES string of the molecule is CCS(=O)(=O)Nc1cc(C(C)(C)C)ccc1C. The number of aryl methyl sites for hydroxylation is 1. The predicted molar refractivity (Wildman–Crippen MR) is 73.0 cm³/mol. The average molecular weight is 255 g/mol. The summed E-state index contributed by atoms with van der Waals surface area (Å²) in [6.07, 6.45) is 0. The molecule has 0 aliphatic rings. The van der Waals surface area contributed by atoms with Gasteiger partial charge in [-0.25, -0.2) is 8.42 Å². The van der Waals surface area contributed by atoms with Crippen LogP contribution in [-0.4, -0.2) is 14.2 Å². The Balaban J connectivity index is 3.17. The van der Waals surface area contributed by atoms with Crippen molar-refractivity contribution in [2.24, 2.45) is 0 Å². The molecule has 0 spiro atoms. The topological polar surface area (TPSA) is 46.2 Å². The molecule has 0 unspecified atom stereocenters. The fourth-order valence-electron chi connectivity index (χ4n) is 1.44. The maximum Gasteiger partial charge on any atom is 0.232 e. The number of benzene rings is 1. The van der Waals surface area contributed by atoms with Crippen LogP contribution in [0.15, 0.2) is 18.2 Å². The summed E-state index contributed by atoms with van der Waals surface area (Å²) in [6.45, 7) is 9.85. The van der Waals surface area contributed by atoms with Crippen molar-refractivity contribution >= 4 is 15.7 Å². The monoisotopic (exact) mass is 255 g/mol. The first-order valence-electron chi connectivity index (χ1n) is 5.77. The van der Waals surface area contributed by atoms with Crippen LogP contribution < -0.4 is 4.72 Å². The van der Waals surface area contributed by atoms with Crippen LogP contribution in [0.25, 0.3) is 0 Å². The Kier molecular flexibility index (Phi) is 3.87. The second-order valence-corrected chi connectivity index (χ2v) is 7.30. The molecule has 96 valence electrons. The van der Waals surface area contributed by atoms with Gasteiger partial charge in [0.2, 0.25) is 10.0 Å². The van der Waals surface area contributed by atoms with E-state index in [1.165, 1.54) is 0 Å². The minimum absolute atomic E-state index is 0.0140. The standard InChI is InChI=1S/C13H21NO2S/c1-6-17(15,16)14-12-9-11(13(3,4)5)8-7-10(12)2/h7-9,14H,6H2,1-5H3. The van der Waals surface area contributed by atoms with Crippen molar-refractivity contribution in [3.05, 3.63) is 29.3 Å². The van der Waals surface area contributed by atoms with Crippen LogP contribution in [0.2, 0.25) is 0 Å². The van der Waals surface area contributed by atoms with Crippen LogP contribution in [0, 0.1) is 6.92 Å². The highest BCUT2D eigenvalue weighted by molar-refractivity contribution is 7.92. The molecule has 1 N–H and O–H groups in total.